The van der Waals surface area contributed by atoms with Crippen LogP contribution in [-0.4, -0.2) is 11.5 Å². The van der Waals surface area contributed by atoms with Crippen LogP contribution in [0.1, 0.15) is 5.56 Å². The lowest BCUT2D eigenvalue weighted by molar-refractivity contribution is 1.02. The lowest BCUT2D eigenvalue weighted by Gasteiger charge is -2.10. The predicted octanol–water partition coefficient (Wildman–Crippen LogP) is 3.47. The number of hydrogen-bond donors (Lipinski definition) is 2. The van der Waals surface area contributed by atoms with Crippen molar-refractivity contribution in [2.45, 2.75) is 6.42 Å². The number of aromatic nitrogens is 1. The second-order valence-corrected chi connectivity index (χ2v) is 4.76. The Morgan fingerprint density at radius 2 is 1.80 bits per heavy atom. The molecule has 0 bridgehead atoms. The number of rotatable bonds is 4. The molecule has 0 amide bonds. The van der Waals surface area contributed by atoms with E-state index in [0.29, 0.717) is 5.69 Å². The molecule has 3 aromatic rings. The van der Waals surface area contributed by atoms with Crippen molar-refractivity contribution >= 4 is 22.3 Å². The molecule has 0 spiro atoms. The number of anilines is 2. The van der Waals surface area contributed by atoms with Crippen molar-refractivity contribution < 1.29 is 0 Å². The van der Waals surface area contributed by atoms with Gasteiger partial charge in [0, 0.05) is 23.8 Å². The summed E-state index contributed by atoms with van der Waals surface area (Å²) in [7, 11) is 0. The van der Waals surface area contributed by atoms with Crippen molar-refractivity contribution in [3.05, 3.63) is 66.4 Å². The molecule has 0 saturated carbocycles. The van der Waals surface area contributed by atoms with Crippen LogP contribution < -0.4 is 11.1 Å². The zero-order chi connectivity index (χ0) is 13.8. The molecule has 0 aliphatic rings. The highest BCUT2D eigenvalue weighted by Crippen LogP contribution is 2.25. The molecule has 2 aromatic carbocycles. The summed E-state index contributed by atoms with van der Waals surface area (Å²) in [5.41, 5.74) is 9.94. The molecule has 3 nitrogen and oxygen atoms in total. The zero-order valence-electron chi connectivity index (χ0n) is 11.2. The van der Waals surface area contributed by atoms with Crippen LogP contribution in [0.2, 0.25) is 0 Å². The van der Waals surface area contributed by atoms with E-state index in [1.54, 1.807) is 6.20 Å². The first-order valence-corrected chi connectivity index (χ1v) is 6.75. The zero-order valence-corrected chi connectivity index (χ0v) is 11.2. The van der Waals surface area contributed by atoms with Gasteiger partial charge >= 0.3 is 0 Å². The molecule has 20 heavy (non-hydrogen) atoms. The summed E-state index contributed by atoms with van der Waals surface area (Å²) in [6.07, 6.45) is 2.79. The molecule has 0 unspecified atom stereocenters. The van der Waals surface area contributed by atoms with Crippen molar-refractivity contribution in [2.24, 2.45) is 0 Å². The van der Waals surface area contributed by atoms with Gasteiger partial charge in [-0.15, -0.1) is 0 Å². The van der Waals surface area contributed by atoms with Gasteiger partial charge in [-0.2, -0.15) is 0 Å². The molecule has 0 aliphatic carbocycles. The Hall–Kier alpha value is -2.55. The van der Waals surface area contributed by atoms with Gasteiger partial charge < -0.3 is 11.1 Å². The van der Waals surface area contributed by atoms with Crippen LogP contribution in [0.15, 0.2) is 60.8 Å². The van der Waals surface area contributed by atoms with Gasteiger partial charge in [0.2, 0.25) is 0 Å². The van der Waals surface area contributed by atoms with Gasteiger partial charge in [-0.1, -0.05) is 42.5 Å². The second kappa shape index (κ2) is 5.61. The number of nitrogens with zero attached hydrogens (tertiary/aromatic N) is 1. The molecule has 3 heteroatoms. The molecule has 0 fully saturated rings. The van der Waals surface area contributed by atoms with Crippen molar-refractivity contribution in [1.82, 2.24) is 4.98 Å². The molecule has 3 rings (SSSR count). The van der Waals surface area contributed by atoms with Crippen molar-refractivity contribution in [3.8, 4) is 0 Å². The first-order chi connectivity index (χ1) is 9.84. The fourth-order valence-corrected chi connectivity index (χ4v) is 2.34. The molecule has 1 heterocycles. The van der Waals surface area contributed by atoms with Gasteiger partial charge in [0.25, 0.3) is 0 Å². The van der Waals surface area contributed by atoms with Crippen molar-refractivity contribution in [2.75, 3.05) is 17.6 Å². The molecule has 1 aromatic heterocycles. The van der Waals surface area contributed by atoms with Crippen molar-refractivity contribution in [1.29, 1.82) is 0 Å². The van der Waals surface area contributed by atoms with Crippen LogP contribution in [0.25, 0.3) is 10.9 Å². The second-order valence-electron chi connectivity index (χ2n) is 4.76. The number of nitrogens with two attached hydrogens (primary N) is 1. The van der Waals surface area contributed by atoms with E-state index in [9.17, 15) is 0 Å². The van der Waals surface area contributed by atoms with Gasteiger partial charge in [0.05, 0.1) is 11.2 Å². The maximum atomic E-state index is 5.95. The summed E-state index contributed by atoms with van der Waals surface area (Å²) < 4.78 is 0. The summed E-state index contributed by atoms with van der Waals surface area (Å²) >= 11 is 0. The largest absolute Gasteiger partial charge is 0.397 e. The van der Waals surface area contributed by atoms with E-state index >= 15 is 0 Å². The Balaban J connectivity index is 1.76. The van der Waals surface area contributed by atoms with Crippen LogP contribution in [0.4, 0.5) is 11.4 Å². The molecule has 0 radical (unpaired) electrons. The Labute approximate surface area is 118 Å². The fraction of sp³-hybridized carbons (Fsp3) is 0.118. The highest BCUT2D eigenvalue weighted by atomic mass is 14.9. The maximum Gasteiger partial charge on any atom is 0.0951 e. The number of nitrogen functional groups attached to an aromatic ring is 1. The van der Waals surface area contributed by atoms with Gasteiger partial charge in [-0.25, -0.2) is 0 Å². The number of para-hydroxylation sites is 1. The predicted molar refractivity (Wildman–Crippen MR) is 84.8 cm³/mol. The van der Waals surface area contributed by atoms with E-state index in [1.807, 2.05) is 30.3 Å². The normalized spacial score (nSPS) is 10.6. The standard InChI is InChI=1S/C17H17N3/c18-15-8-4-7-14-16(10-12-20-17(14)15)19-11-9-13-5-2-1-3-6-13/h1-8,10,12H,9,11,18H2,(H,19,20). The molecule has 3 N–H and O–H groups in total. The van der Waals surface area contributed by atoms with Gasteiger partial charge in [-0.05, 0) is 24.1 Å². The molecular weight excluding hydrogens is 246 g/mol. The van der Waals surface area contributed by atoms with E-state index in [0.717, 1.165) is 29.6 Å². The molecule has 0 saturated heterocycles. The molecular formula is C17H17N3. The Kier molecular flexibility index (Phi) is 3.50. The number of benzene rings is 2. The topological polar surface area (TPSA) is 50.9 Å². The minimum absolute atomic E-state index is 0.717. The summed E-state index contributed by atoms with van der Waals surface area (Å²) in [6, 6.07) is 18.3. The average molecular weight is 263 g/mol. The lowest BCUT2D eigenvalue weighted by atomic mass is 10.1. The molecule has 0 aliphatic heterocycles. The van der Waals surface area contributed by atoms with Crippen molar-refractivity contribution in [3.63, 3.8) is 0 Å². The average Bonchev–Trinajstić information content (AvgIpc) is 2.49. The van der Waals surface area contributed by atoms with E-state index in [-0.39, 0.29) is 0 Å². The van der Waals surface area contributed by atoms with Gasteiger partial charge in [0.1, 0.15) is 0 Å². The summed E-state index contributed by atoms with van der Waals surface area (Å²) in [6.45, 7) is 0.887. The van der Waals surface area contributed by atoms with Crippen LogP contribution in [0.5, 0.6) is 0 Å². The van der Waals surface area contributed by atoms with Gasteiger partial charge in [0.15, 0.2) is 0 Å². The maximum absolute atomic E-state index is 5.95. The van der Waals surface area contributed by atoms with Gasteiger partial charge in [-0.3, -0.25) is 4.98 Å². The van der Waals surface area contributed by atoms with E-state index in [2.05, 4.69) is 34.6 Å². The first kappa shape index (κ1) is 12.5. The summed E-state index contributed by atoms with van der Waals surface area (Å²) in [5, 5.41) is 4.54. The Morgan fingerprint density at radius 3 is 2.65 bits per heavy atom. The van der Waals surface area contributed by atoms with Crippen LogP contribution >= 0.6 is 0 Å². The smallest absolute Gasteiger partial charge is 0.0951 e. The van der Waals surface area contributed by atoms with E-state index in [4.69, 9.17) is 5.73 Å². The highest BCUT2D eigenvalue weighted by Gasteiger charge is 2.03. The van der Waals surface area contributed by atoms with Crippen LogP contribution in [0.3, 0.4) is 0 Å². The Morgan fingerprint density at radius 1 is 0.950 bits per heavy atom. The minimum atomic E-state index is 0.717. The van der Waals surface area contributed by atoms with Crippen LogP contribution in [0, 0.1) is 0 Å². The monoisotopic (exact) mass is 263 g/mol. The third-order valence-electron chi connectivity index (χ3n) is 3.37. The molecule has 0 atom stereocenters. The SMILES string of the molecule is Nc1cccc2c(NCCc3ccccc3)ccnc12. The summed E-state index contributed by atoms with van der Waals surface area (Å²) in [5.74, 6) is 0. The lowest BCUT2D eigenvalue weighted by Crippen LogP contribution is -2.05. The molecule has 100 valence electrons. The number of hydrogen-bond acceptors (Lipinski definition) is 3. The highest BCUT2D eigenvalue weighted by molar-refractivity contribution is 5.97. The number of fused-ring (bicyclic) bond motifs is 1. The third-order valence-corrected chi connectivity index (χ3v) is 3.37. The Bertz CT molecular complexity index is 708. The third kappa shape index (κ3) is 2.57. The van der Waals surface area contributed by atoms with E-state index in [1.165, 1.54) is 5.56 Å². The minimum Gasteiger partial charge on any atom is -0.397 e. The van der Waals surface area contributed by atoms with Crippen LogP contribution in [-0.2, 0) is 6.42 Å². The quantitative estimate of drug-likeness (QED) is 0.709. The van der Waals surface area contributed by atoms with E-state index < -0.39 is 0 Å². The first-order valence-electron chi connectivity index (χ1n) is 6.75. The fourth-order valence-electron chi connectivity index (χ4n) is 2.34. The number of pyridine rings is 1. The summed E-state index contributed by atoms with van der Waals surface area (Å²) in [4.78, 5) is 4.34. The number of nitrogens with one attached hydrogen (secondary N) is 1.